The number of nitrogens with zero attached hydrogens (tertiary/aromatic N) is 3. The maximum atomic E-state index is 4.89. The first-order valence-electron chi connectivity index (χ1n) is 7.08. The summed E-state index contributed by atoms with van der Waals surface area (Å²) >= 11 is 3.44. The van der Waals surface area contributed by atoms with Crippen molar-refractivity contribution in [3.8, 4) is 10.6 Å². The summed E-state index contributed by atoms with van der Waals surface area (Å²) in [5.74, 6) is 0.428. The van der Waals surface area contributed by atoms with Gasteiger partial charge in [0.25, 0.3) is 0 Å². The molecule has 1 saturated heterocycles. The summed E-state index contributed by atoms with van der Waals surface area (Å²) in [4.78, 5) is 13.2. The second-order valence-electron chi connectivity index (χ2n) is 5.35. The number of hydrogen-bond acceptors (Lipinski definition) is 6. The molecule has 3 rings (SSSR count). The lowest BCUT2D eigenvalue weighted by Crippen LogP contribution is -2.17. The zero-order valence-corrected chi connectivity index (χ0v) is 13.8. The van der Waals surface area contributed by atoms with E-state index < -0.39 is 0 Å². The van der Waals surface area contributed by atoms with Gasteiger partial charge in [-0.15, -0.1) is 11.3 Å². The van der Waals surface area contributed by atoms with Crippen LogP contribution in [-0.2, 0) is 0 Å². The highest BCUT2D eigenvalue weighted by Crippen LogP contribution is 2.39. The van der Waals surface area contributed by atoms with Crippen LogP contribution in [0.3, 0.4) is 0 Å². The highest BCUT2D eigenvalue weighted by molar-refractivity contribution is 7.19. The summed E-state index contributed by atoms with van der Waals surface area (Å²) in [7, 11) is 1.91. The fraction of sp³-hybridized carbons (Fsp3) is 0.571. The summed E-state index contributed by atoms with van der Waals surface area (Å²) in [6.07, 6.45) is 2.57. The van der Waals surface area contributed by atoms with E-state index in [1.807, 2.05) is 7.05 Å². The molecule has 0 radical (unpaired) electrons. The second kappa shape index (κ2) is 5.69. The normalized spacial score (nSPS) is 15.3. The third-order valence-corrected chi connectivity index (χ3v) is 5.53. The van der Waals surface area contributed by atoms with E-state index in [9.17, 15) is 0 Å². The first-order chi connectivity index (χ1) is 9.69. The number of anilines is 2. The van der Waals surface area contributed by atoms with Crippen molar-refractivity contribution in [2.24, 2.45) is 0 Å². The first-order valence-corrected chi connectivity index (χ1v) is 8.78. The summed E-state index contributed by atoms with van der Waals surface area (Å²) in [6, 6.07) is 0. The topological polar surface area (TPSA) is 41.1 Å². The van der Waals surface area contributed by atoms with E-state index in [-0.39, 0.29) is 0 Å². The SMILES string of the molecule is CNc1nc(-c2sc(N3CCCC3)nc2C(C)C)cs1. The van der Waals surface area contributed by atoms with Crippen LogP contribution in [0.1, 0.15) is 38.3 Å². The van der Waals surface area contributed by atoms with Crippen LogP contribution in [0.15, 0.2) is 5.38 Å². The molecule has 0 bridgehead atoms. The summed E-state index contributed by atoms with van der Waals surface area (Å²) in [5.41, 5.74) is 2.25. The maximum absolute atomic E-state index is 4.89. The smallest absolute Gasteiger partial charge is 0.186 e. The Kier molecular flexibility index (Phi) is 3.94. The van der Waals surface area contributed by atoms with Gasteiger partial charge in [-0.2, -0.15) is 0 Å². The molecular formula is C14H20N4S2. The number of nitrogens with one attached hydrogen (secondary N) is 1. The Labute approximate surface area is 127 Å². The zero-order valence-electron chi connectivity index (χ0n) is 12.1. The molecule has 1 N–H and O–H groups in total. The second-order valence-corrected chi connectivity index (χ2v) is 7.18. The molecule has 2 aromatic rings. The largest absolute Gasteiger partial charge is 0.365 e. The monoisotopic (exact) mass is 308 g/mol. The number of thiazole rings is 2. The van der Waals surface area contributed by atoms with Crippen LogP contribution in [0.2, 0.25) is 0 Å². The standard InChI is InChI=1S/C14H20N4S2/c1-9(2)11-12(10-8-19-13(15-3)16-10)20-14(17-11)18-6-4-5-7-18/h8-9H,4-7H2,1-3H3,(H,15,16). The van der Waals surface area contributed by atoms with Crippen molar-refractivity contribution >= 4 is 32.9 Å². The van der Waals surface area contributed by atoms with Crippen molar-refractivity contribution in [2.45, 2.75) is 32.6 Å². The molecule has 20 heavy (non-hydrogen) atoms. The van der Waals surface area contributed by atoms with E-state index in [4.69, 9.17) is 4.98 Å². The molecule has 1 fully saturated rings. The van der Waals surface area contributed by atoms with Crippen LogP contribution in [0.4, 0.5) is 10.3 Å². The molecular weight excluding hydrogens is 288 g/mol. The van der Waals surface area contributed by atoms with E-state index in [0.717, 1.165) is 23.9 Å². The average molecular weight is 308 g/mol. The molecule has 3 heterocycles. The predicted octanol–water partition coefficient (Wildman–Crippen LogP) is 4.03. The van der Waals surface area contributed by atoms with Gasteiger partial charge in [-0.3, -0.25) is 0 Å². The Morgan fingerprint density at radius 3 is 2.60 bits per heavy atom. The molecule has 0 unspecified atom stereocenters. The minimum absolute atomic E-state index is 0.428. The molecule has 0 spiro atoms. The molecule has 0 aromatic carbocycles. The Morgan fingerprint density at radius 1 is 1.25 bits per heavy atom. The van der Waals surface area contributed by atoms with Gasteiger partial charge in [0.15, 0.2) is 10.3 Å². The highest BCUT2D eigenvalue weighted by atomic mass is 32.1. The Bertz CT molecular complexity index is 582. The van der Waals surface area contributed by atoms with Crippen LogP contribution >= 0.6 is 22.7 Å². The van der Waals surface area contributed by atoms with Gasteiger partial charge in [-0.05, 0) is 18.8 Å². The van der Waals surface area contributed by atoms with Crippen LogP contribution in [-0.4, -0.2) is 30.1 Å². The van der Waals surface area contributed by atoms with Gasteiger partial charge >= 0.3 is 0 Å². The quantitative estimate of drug-likeness (QED) is 0.926. The van der Waals surface area contributed by atoms with Crippen LogP contribution < -0.4 is 10.2 Å². The van der Waals surface area contributed by atoms with Crippen LogP contribution in [0.25, 0.3) is 10.6 Å². The van der Waals surface area contributed by atoms with Crippen molar-refractivity contribution in [1.82, 2.24) is 9.97 Å². The maximum Gasteiger partial charge on any atom is 0.186 e. The van der Waals surface area contributed by atoms with Crippen molar-refractivity contribution in [1.29, 1.82) is 0 Å². The van der Waals surface area contributed by atoms with Crippen molar-refractivity contribution in [2.75, 3.05) is 30.4 Å². The molecule has 0 amide bonds. The van der Waals surface area contributed by atoms with Gasteiger partial charge in [0, 0.05) is 25.5 Å². The van der Waals surface area contributed by atoms with Gasteiger partial charge in [0.05, 0.1) is 16.3 Å². The summed E-state index contributed by atoms with van der Waals surface area (Å²) < 4.78 is 0. The van der Waals surface area contributed by atoms with Crippen molar-refractivity contribution in [3.05, 3.63) is 11.1 Å². The van der Waals surface area contributed by atoms with E-state index >= 15 is 0 Å². The molecule has 1 aliphatic heterocycles. The van der Waals surface area contributed by atoms with Gasteiger partial charge in [-0.25, -0.2) is 9.97 Å². The number of aromatic nitrogens is 2. The lowest BCUT2D eigenvalue weighted by atomic mass is 10.1. The molecule has 0 saturated carbocycles. The lowest BCUT2D eigenvalue weighted by Gasteiger charge is -2.12. The third kappa shape index (κ3) is 2.54. The molecule has 1 aliphatic rings. The van der Waals surface area contributed by atoms with Gasteiger partial charge in [-0.1, -0.05) is 25.2 Å². The van der Waals surface area contributed by atoms with Crippen LogP contribution in [0, 0.1) is 0 Å². The summed E-state index contributed by atoms with van der Waals surface area (Å²) in [5, 5.41) is 7.36. The predicted molar refractivity (Wildman–Crippen MR) is 88.3 cm³/mol. The minimum Gasteiger partial charge on any atom is -0.365 e. The Morgan fingerprint density at radius 2 is 2.00 bits per heavy atom. The van der Waals surface area contributed by atoms with Crippen molar-refractivity contribution < 1.29 is 0 Å². The number of hydrogen-bond donors (Lipinski definition) is 1. The third-order valence-electron chi connectivity index (χ3n) is 3.52. The van der Waals surface area contributed by atoms with E-state index in [2.05, 4.69) is 34.4 Å². The van der Waals surface area contributed by atoms with E-state index in [1.54, 1.807) is 22.7 Å². The van der Waals surface area contributed by atoms with E-state index in [0.29, 0.717) is 5.92 Å². The lowest BCUT2D eigenvalue weighted by molar-refractivity contribution is 0.826. The summed E-state index contributed by atoms with van der Waals surface area (Å²) in [6.45, 7) is 6.70. The zero-order chi connectivity index (χ0) is 14.1. The molecule has 0 aliphatic carbocycles. The van der Waals surface area contributed by atoms with E-state index in [1.165, 1.54) is 28.5 Å². The molecule has 4 nitrogen and oxygen atoms in total. The first kappa shape index (κ1) is 13.8. The Hall–Kier alpha value is -1.14. The van der Waals surface area contributed by atoms with Crippen molar-refractivity contribution in [3.63, 3.8) is 0 Å². The van der Waals surface area contributed by atoms with Gasteiger partial charge < -0.3 is 10.2 Å². The van der Waals surface area contributed by atoms with Gasteiger partial charge in [0.2, 0.25) is 0 Å². The molecule has 2 aromatic heterocycles. The fourth-order valence-electron chi connectivity index (χ4n) is 2.43. The number of rotatable bonds is 4. The molecule has 0 atom stereocenters. The minimum atomic E-state index is 0.428. The Balaban J connectivity index is 1.99. The molecule has 108 valence electrons. The van der Waals surface area contributed by atoms with Gasteiger partial charge in [0.1, 0.15) is 0 Å². The van der Waals surface area contributed by atoms with Crippen LogP contribution in [0.5, 0.6) is 0 Å². The molecule has 6 heteroatoms. The average Bonchev–Trinajstić information content (AvgIpc) is 3.17. The fourth-order valence-corrected chi connectivity index (χ4v) is 4.40. The highest BCUT2D eigenvalue weighted by Gasteiger charge is 2.22.